The molecule has 1 aliphatic rings. The van der Waals surface area contributed by atoms with Gasteiger partial charge >= 0.3 is 0 Å². The van der Waals surface area contributed by atoms with Crippen molar-refractivity contribution in [2.45, 2.75) is 32.1 Å². The Kier molecular flexibility index (Phi) is 4.35. The number of benzene rings is 1. The van der Waals surface area contributed by atoms with Crippen LogP contribution < -0.4 is 10.5 Å². The highest BCUT2D eigenvalue weighted by atomic mass is 16.5. The van der Waals surface area contributed by atoms with Crippen molar-refractivity contribution in [1.29, 1.82) is 0 Å². The molecular formula is C16H24N2O. The van der Waals surface area contributed by atoms with Crippen LogP contribution in [0.3, 0.4) is 0 Å². The normalized spacial score (nSPS) is 16.4. The van der Waals surface area contributed by atoms with Crippen molar-refractivity contribution in [2.75, 3.05) is 25.9 Å². The summed E-state index contributed by atoms with van der Waals surface area (Å²) in [6.07, 6.45) is 3.39. The van der Waals surface area contributed by atoms with Gasteiger partial charge in [0.25, 0.3) is 0 Å². The van der Waals surface area contributed by atoms with E-state index >= 15 is 0 Å². The number of hydrogen-bond acceptors (Lipinski definition) is 3. The summed E-state index contributed by atoms with van der Waals surface area (Å²) in [6, 6.07) is 6.17. The van der Waals surface area contributed by atoms with Crippen molar-refractivity contribution in [3.63, 3.8) is 0 Å². The van der Waals surface area contributed by atoms with Gasteiger partial charge in [0.1, 0.15) is 5.75 Å². The van der Waals surface area contributed by atoms with Gasteiger partial charge in [-0.1, -0.05) is 19.6 Å². The fraction of sp³-hybridized carbons (Fsp3) is 0.500. The van der Waals surface area contributed by atoms with Crippen LogP contribution in [0, 0.1) is 0 Å². The molecule has 1 saturated heterocycles. The Morgan fingerprint density at radius 2 is 2.11 bits per heavy atom. The summed E-state index contributed by atoms with van der Waals surface area (Å²) >= 11 is 0. The molecule has 0 atom stereocenters. The summed E-state index contributed by atoms with van der Waals surface area (Å²) in [4.78, 5) is 2.41. The standard InChI is InChI=1S/C16H24N2O/c1-4-12(2)18-9-7-13(8-10-18)14-5-6-15(17)16(11-14)19-3/h5-6,11,13H,2,4,7-10,17H2,1,3H3. The SMILES string of the molecule is C=C(CC)N1CCC(c2ccc(N)c(OC)c2)CC1. The summed E-state index contributed by atoms with van der Waals surface area (Å²) in [5.41, 5.74) is 9.17. The molecule has 1 aliphatic heterocycles. The molecule has 0 aromatic heterocycles. The lowest BCUT2D eigenvalue weighted by Gasteiger charge is -2.34. The average Bonchev–Trinajstić information content (AvgIpc) is 2.47. The second-order valence-corrected chi connectivity index (χ2v) is 5.18. The van der Waals surface area contributed by atoms with E-state index in [1.54, 1.807) is 7.11 Å². The maximum atomic E-state index is 5.86. The molecule has 0 aliphatic carbocycles. The zero-order chi connectivity index (χ0) is 13.8. The van der Waals surface area contributed by atoms with E-state index in [4.69, 9.17) is 10.5 Å². The van der Waals surface area contributed by atoms with Crippen LogP contribution in [0.5, 0.6) is 5.75 Å². The van der Waals surface area contributed by atoms with Crippen molar-refractivity contribution < 1.29 is 4.74 Å². The lowest BCUT2D eigenvalue weighted by Crippen LogP contribution is -2.31. The minimum Gasteiger partial charge on any atom is -0.495 e. The van der Waals surface area contributed by atoms with E-state index in [9.17, 15) is 0 Å². The first kappa shape index (κ1) is 13.8. The van der Waals surface area contributed by atoms with Crippen LogP contribution in [0.15, 0.2) is 30.5 Å². The van der Waals surface area contributed by atoms with E-state index in [0.717, 1.165) is 25.3 Å². The second-order valence-electron chi connectivity index (χ2n) is 5.18. The minimum absolute atomic E-state index is 0.607. The van der Waals surface area contributed by atoms with Gasteiger partial charge in [-0.25, -0.2) is 0 Å². The Bertz CT molecular complexity index is 448. The van der Waals surface area contributed by atoms with Crippen LogP contribution in [0.4, 0.5) is 5.69 Å². The van der Waals surface area contributed by atoms with E-state index < -0.39 is 0 Å². The number of likely N-dealkylation sites (tertiary alicyclic amines) is 1. The predicted octanol–water partition coefficient (Wildman–Crippen LogP) is 3.38. The molecule has 0 saturated carbocycles. The lowest BCUT2D eigenvalue weighted by atomic mass is 9.89. The van der Waals surface area contributed by atoms with Crippen LogP contribution in [0.25, 0.3) is 0 Å². The van der Waals surface area contributed by atoms with E-state index in [-0.39, 0.29) is 0 Å². The number of nitrogens with zero attached hydrogens (tertiary/aromatic N) is 1. The first-order chi connectivity index (χ1) is 9.15. The van der Waals surface area contributed by atoms with Gasteiger partial charge in [0.2, 0.25) is 0 Å². The molecule has 1 aromatic carbocycles. The van der Waals surface area contributed by atoms with Gasteiger partial charge in [-0.2, -0.15) is 0 Å². The van der Waals surface area contributed by atoms with Crippen molar-refractivity contribution in [3.05, 3.63) is 36.0 Å². The van der Waals surface area contributed by atoms with E-state index in [1.807, 2.05) is 6.07 Å². The Balaban J connectivity index is 2.03. The molecule has 0 amide bonds. The maximum Gasteiger partial charge on any atom is 0.142 e. The van der Waals surface area contributed by atoms with Crippen molar-refractivity contribution in [3.8, 4) is 5.75 Å². The molecule has 2 N–H and O–H groups in total. The molecule has 0 radical (unpaired) electrons. The lowest BCUT2D eigenvalue weighted by molar-refractivity contribution is 0.258. The number of rotatable bonds is 4. The Labute approximate surface area is 116 Å². The molecule has 3 nitrogen and oxygen atoms in total. The number of nitrogen functional groups attached to an aromatic ring is 1. The first-order valence-corrected chi connectivity index (χ1v) is 7.01. The van der Waals surface area contributed by atoms with Gasteiger partial charge in [-0.05, 0) is 42.9 Å². The monoisotopic (exact) mass is 260 g/mol. The third-order valence-corrected chi connectivity index (χ3v) is 4.08. The summed E-state index contributed by atoms with van der Waals surface area (Å²) in [6.45, 7) is 8.49. The summed E-state index contributed by atoms with van der Waals surface area (Å²) in [5.74, 6) is 1.40. The van der Waals surface area contributed by atoms with Crippen LogP contribution in [0.1, 0.15) is 37.7 Å². The number of hydrogen-bond donors (Lipinski definition) is 1. The molecule has 1 aromatic rings. The topological polar surface area (TPSA) is 38.5 Å². The Hall–Kier alpha value is -1.64. The number of nitrogens with two attached hydrogens (primary N) is 1. The zero-order valence-corrected chi connectivity index (χ0v) is 12.0. The Morgan fingerprint density at radius 3 is 2.68 bits per heavy atom. The van der Waals surface area contributed by atoms with Gasteiger partial charge in [0.15, 0.2) is 0 Å². The number of methoxy groups -OCH3 is 1. The predicted molar refractivity (Wildman–Crippen MR) is 80.4 cm³/mol. The molecule has 0 spiro atoms. The fourth-order valence-electron chi connectivity index (χ4n) is 2.73. The molecule has 19 heavy (non-hydrogen) atoms. The smallest absolute Gasteiger partial charge is 0.142 e. The average molecular weight is 260 g/mol. The molecule has 3 heteroatoms. The molecular weight excluding hydrogens is 236 g/mol. The van der Waals surface area contributed by atoms with Crippen molar-refractivity contribution >= 4 is 5.69 Å². The highest BCUT2D eigenvalue weighted by Crippen LogP contribution is 2.33. The van der Waals surface area contributed by atoms with Crippen LogP contribution in [0.2, 0.25) is 0 Å². The molecule has 104 valence electrons. The molecule has 2 rings (SSSR count). The van der Waals surface area contributed by atoms with Crippen molar-refractivity contribution in [1.82, 2.24) is 4.90 Å². The maximum absolute atomic E-state index is 5.86. The third kappa shape index (κ3) is 3.03. The molecule has 1 fully saturated rings. The highest BCUT2D eigenvalue weighted by molar-refractivity contribution is 5.54. The highest BCUT2D eigenvalue weighted by Gasteiger charge is 2.21. The largest absolute Gasteiger partial charge is 0.495 e. The quantitative estimate of drug-likeness (QED) is 0.843. The van der Waals surface area contributed by atoms with Crippen LogP contribution in [-0.4, -0.2) is 25.1 Å². The minimum atomic E-state index is 0.607. The number of ether oxygens (including phenoxy) is 1. The first-order valence-electron chi connectivity index (χ1n) is 7.01. The number of allylic oxidation sites excluding steroid dienone is 1. The molecule has 1 heterocycles. The second kappa shape index (κ2) is 6.00. The summed E-state index contributed by atoms with van der Waals surface area (Å²) in [7, 11) is 1.67. The fourth-order valence-corrected chi connectivity index (χ4v) is 2.73. The van der Waals surface area contributed by atoms with Gasteiger partial charge in [-0.15, -0.1) is 0 Å². The van der Waals surface area contributed by atoms with E-state index in [0.29, 0.717) is 11.6 Å². The van der Waals surface area contributed by atoms with Gasteiger partial charge in [0.05, 0.1) is 12.8 Å². The number of piperidine rings is 1. The van der Waals surface area contributed by atoms with Gasteiger partial charge in [0, 0.05) is 18.8 Å². The zero-order valence-electron chi connectivity index (χ0n) is 12.0. The van der Waals surface area contributed by atoms with Crippen molar-refractivity contribution in [2.24, 2.45) is 0 Å². The van der Waals surface area contributed by atoms with E-state index in [2.05, 4.69) is 30.5 Å². The van der Waals surface area contributed by atoms with Crippen LogP contribution >= 0.6 is 0 Å². The van der Waals surface area contributed by atoms with Crippen LogP contribution in [-0.2, 0) is 0 Å². The van der Waals surface area contributed by atoms with Gasteiger partial charge in [-0.3, -0.25) is 0 Å². The Morgan fingerprint density at radius 1 is 1.42 bits per heavy atom. The molecule has 0 bridgehead atoms. The summed E-state index contributed by atoms with van der Waals surface area (Å²) in [5, 5.41) is 0. The van der Waals surface area contributed by atoms with E-state index in [1.165, 1.54) is 24.1 Å². The number of anilines is 1. The molecule has 0 unspecified atom stereocenters. The third-order valence-electron chi connectivity index (χ3n) is 4.08. The van der Waals surface area contributed by atoms with Gasteiger partial charge < -0.3 is 15.4 Å². The summed E-state index contributed by atoms with van der Waals surface area (Å²) < 4.78 is 5.30.